The molecule has 0 bridgehead atoms. The van der Waals surface area contributed by atoms with Crippen LogP contribution in [0, 0.1) is 0 Å². The number of hydrogen-bond acceptors (Lipinski definition) is 3. The van der Waals surface area contributed by atoms with Gasteiger partial charge in [0.15, 0.2) is 0 Å². The topological polar surface area (TPSA) is 33.3 Å². The van der Waals surface area contributed by atoms with Gasteiger partial charge in [-0.15, -0.1) is 0 Å². The van der Waals surface area contributed by atoms with E-state index in [2.05, 4.69) is 23.9 Å². The second kappa shape index (κ2) is 6.13. The molecule has 0 amide bonds. The third kappa shape index (κ3) is 4.41. The Hall–Kier alpha value is -0.380. The fourth-order valence-electron chi connectivity index (χ4n) is 1.26. The fourth-order valence-corrected chi connectivity index (χ4v) is 1.26. The summed E-state index contributed by atoms with van der Waals surface area (Å²) in [5, 5.41) is 0. The Morgan fingerprint density at radius 1 is 1.54 bits per heavy atom. The summed E-state index contributed by atoms with van der Waals surface area (Å²) in [6.45, 7) is 5.93. The van der Waals surface area contributed by atoms with Crippen LogP contribution in [0.15, 0.2) is 11.6 Å². The van der Waals surface area contributed by atoms with Crippen LogP contribution < -0.4 is 10.9 Å². The van der Waals surface area contributed by atoms with Crippen molar-refractivity contribution < 1.29 is 4.74 Å². The zero-order chi connectivity index (χ0) is 9.52. The van der Waals surface area contributed by atoms with Gasteiger partial charge in [-0.25, -0.2) is 5.43 Å². The molecule has 2 N–H and O–H groups in total. The van der Waals surface area contributed by atoms with E-state index in [1.807, 2.05) is 6.92 Å². The van der Waals surface area contributed by atoms with E-state index < -0.39 is 0 Å². The van der Waals surface area contributed by atoms with Crippen molar-refractivity contribution in [3.8, 4) is 0 Å². The monoisotopic (exact) mass is 184 g/mol. The van der Waals surface area contributed by atoms with Gasteiger partial charge in [-0.1, -0.05) is 11.6 Å². The maximum atomic E-state index is 5.50. The van der Waals surface area contributed by atoms with Crippen LogP contribution in [0.2, 0.25) is 0 Å². The lowest BCUT2D eigenvalue weighted by Gasteiger charge is -2.23. The first-order chi connectivity index (χ1) is 6.33. The molecule has 1 aliphatic heterocycles. The van der Waals surface area contributed by atoms with Crippen molar-refractivity contribution in [1.29, 1.82) is 0 Å². The predicted octanol–water partition coefficient (Wildman–Crippen LogP) is 1.57. The zero-order valence-corrected chi connectivity index (χ0v) is 8.60. The minimum atomic E-state index is 0.207. The van der Waals surface area contributed by atoms with Crippen molar-refractivity contribution in [2.45, 2.75) is 39.3 Å². The Morgan fingerprint density at radius 3 is 3.00 bits per heavy atom. The summed E-state index contributed by atoms with van der Waals surface area (Å²) < 4.78 is 5.50. The number of hydrogen-bond donors (Lipinski definition) is 2. The van der Waals surface area contributed by atoms with Crippen LogP contribution >= 0.6 is 0 Å². The third-order valence-corrected chi connectivity index (χ3v) is 2.30. The number of allylic oxidation sites excluding steroid dienone is 1. The van der Waals surface area contributed by atoms with Gasteiger partial charge in [0.1, 0.15) is 6.23 Å². The lowest BCUT2D eigenvalue weighted by molar-refractivity contribution is -0.0135. The van der Waals surface area contributed by atoms with E-state index in [0.717, 1.165) is 19.6 Å². The second-order valence-electron chi connectivity index (χ2n) is 3.49. The molecule has 76 valence electrons. The first kappa shape index (κ1) is 10.7. The van der Waals surface area contributed by atoms with Crippen molar-refractivity contribution in [3.05, 3.63) is 11.6 Å². The van der Waals surface area contributed by atoms with Crippen LogP contribution in [0.25, 0.3) is 0 Å². The summed E-state index contributed by atoms with van der Waals surface area (Å²) in [6, 6.07) is 0. The predicted molar refractivity (Wildman–Crippen MR) is 54.2 cm³/mol. The fraction of sp³-hybridized carbons (Fsp3) is 0.800. The Balaban J connectivity index is 2.04. The second-order valence-corrected chi connectivity index (χ2v) is 3.49. The molecule has 3 nitrogen and oxygen atoms in total. The van der Waals surface area contributed by atoms with Crippen molar-refractivity contribution in [1.82, 2.24) is 10.9 Å². The molecule has 0 aliphatic carbocycles. The molecule has 1 saturated heterocycles. The minimum Gasteiger partial charge on any atom is -0.362 e. The Kier molecular flexibility index (Phi) is 5.05. The Labute approximate surface area is 80.5 Å². The van der Waals surface area contributed by atoms with Crippen LogP contribution in [0.5, 0.6) is 0 Å². The highest BCUT2D eigenvalue weighted by Gasteiger charge is 2.11. The number of rotatable bonds is 4. The average molecular weight is 184 g/mol. The number of ether oxygens (including phenoxy) is 1. The summed E-state index contributed by atoms with van der Waals surface area (Å²) in [4.78, 5) is 0. The highest BCUT2D eigenvalue weighted by Crippen LogP contribution is 2.09. The molecule has 1 unspecified atom stereocenters. The molecule has 0 aromatic heterocycles. The molecule has 1 fully saturated rings. The standard InChI is InChI=1S/C10H20N2O/c1-3-9(2)8-11-12-10-6-4-5-7-13-10/h3,10-12H,4-8H2,1-2H3/b9-3-. The maximum Gasteiger partial charge on any atom is 0.120 e. The lowest BCUT2D eigenvalue weighted by Crippen LogP contribution is -2.44. The zero-order valence-electron chi connectivity index (χ0n) is 8.60. The highest BCUT2D eigenvalue weighted by atomic mass is 16.5. The normalized spacial score (nSPS) is 24.8. The van der Waals surface area contributed by atoms with Gasteiger partial charge < -0.3 is 4.74 Å². The summed E-state index contributed by atoms with van der Waals surface area (Å²) in [5.74, 6) is 0. The van der Waals surface area contributed by atoms with E-state index in [4.69, 9.17) is 4.74 Å². The first-order valence-corrected chi connectivity index (χ1v) is 5.04. The van der Waals surface area contributed by atoms with E-state index >= 15 is 0 Å². The molecule has 0 saturated carbocycles. The van der Waals surface area contributed by atoms with Gasteiger partial charge in [-0.05, 0) is 33.1 Å². The van der Waals surface area contributed by atoms with Gasteiger partial charge >= 0.3 is 0 Å². The van der Waals surface area contributed by atoms with Crippen LogP contribution in [-0.2, 0) is 4.74 Å². The third-order valence-electron chi connectivity index (χ3n) is 2.30. The lowest BCUT2D eigenvalue weighted by atomic mass is 10.2. The largest absolute Gasteiger partial charge is 0.362 e. The smallest absolute Gasteiger partial charge is 0.120 e. The van der Waals surface area contributed by atoms with E-state index in [9.17, 15) is 0 Å². The molecule has 1 heterocycles. The highest BCUT2D eigenvalue weighted by molar-refractivity contribution is 4.97. The molecule has 0 aromatic carbocycles. The maximum absolute atomic E-state index is 5.50. The molecular formula is C10H20N2O. The molecular weight excluding hydrogens is 164 g/mol. The van der Waals surface area contributed by atoms with Gasteiger partial charge in [0.2, 0.25) is 0 Å². The average Bonchev–Trinajstić information content (AvgIpc) is 2.19. The first-order valence-electron chi connectivity index (χ1n) is 5.04. The van der Waals surface area contributed by atoms with Gasteiger partial charge in [-0.2, -0.15) is 0 Å². The van der Waals surface area contributed by atoms with E-state index in [0.29, 0.717) is 0 Å². The number of nitrogens with one attached hydrogen (secondary N) is 2. The molecule has 3 heteroatoms. The van der Waals surface area contributed by atoms with Crippen molar-refractivity contribution >= 4 is 0 Å². The molecule has 0 aromatic rings. The van der Waals surface area contributed by atoms with Crippen LogP contribution in [0.3, 0.4) is 0 Å². The van der Waals surface area contributed by atoms with E-state index in [1.165, 1.54) is 18.4 Å². The molecule has 0 radical (unpaired) electrons. The van der Waals surface area contributed by atoms with Crippen LogP contribution in [0.4, 0.5) is 0 Å². The number of hydrazine groups is 1. The summed E-state index contributed by atoms with van der Waals surface area (Å²) in [5.41, 5.74) is 7.67. The summed E-state index contributed by atoms with van der Waals surface area (Å²) in [7, 11) is 0. The molecule has 1 rings (SSSR count). The summed E-state index contributed by atoms with van der Waals surface area (Å²) >= 11 is 0. The molecule has 1 aliphatic rings. The van der Waals surface area contributed by atoms with Crippen molar-refractivity contribution in [2.24, 2.45) is 0 Å². The van der Waals surface area contributed by atoms with E-state index in [1.54, 1.807) is 0 Å². The minimum absolute atomic E-state index is 0.207. The Bertz CT molecular complexity index is 162. The summed E-state index contributed by atoms with van der Waals surface area (Å²) in [6.07, 6.45) is 5.89. The Morgan fingerprint density at radius 2 is 2.38 bits per heavy atom. The molecule has 13 heavy (non-hydrogen) atoms. The SMILES string of the molecule is C/C=C(/C)CNNC1CCCCO1. The van der Waals surface area contributed by atoms with Crippen molar-refractivity contribution in [2.75, 3.05) is 13.2 Å². The van der Waals surface area contributed by atoms with E-state index in [-0.39, 0.29) is 6.23 Å². The molecule has 0 spiro atoms. The van der Waals surface area contributed by atoms with Crippen LogP contribution in [-0.4, -0.2) is 19.4 Å². The van der Waals surface area contributed by atoms with Gasteiger partial charge in [0, 0.05) is 13.2 Å². The van der Waals surface area contributed by atoms with Gasteiger partial charge in [-0.3, -0.25) is 5.43 Å². The molecule has 1 atom stereocenters. The van der Waals surface area contributed by atoms with Crippen LogP contribution in [0.1, 0.15) is 33.1 Å². The van der Waals surface area contributed by atoms with Crippen molar-refractivity contribution in [3.63, 3.8) is 0 Å². The quantitative estimate of drug-likeness (QED) is 0.514. The van der Waals surface area contributed by atoms with Gasteiger partial charge in [0.05, 0.1) is 0 Å². The van der Waals surface area contributed by atoms with Gasteiger partial charge in [0.25, 0.3) is 0 Å².